The first kappa shape index (κ1) is 12.2. The Morgan fingerprint density at radius 1 is 1.53 bits per heavy atom. The van der Waals surface area contributed by atoms with Crippen LogP contribution in [0.4, 0.5) is 0 Å². The van der Waals surface area contributed by atoms with Crippen molar-refractivity contribution < 1.29 is 9.53 Å². The molecule has 2 atom stereocenters. The van der Waals surface area contributed by atoms with E-state index in [-0.39, 0.29) is 12.0 Å². The molecule has 86 valence electrons. The molecule has 0 saturated carbocycles. The summed E-state index contributed by atoms with van der Waals surface area (Å²) < 4.78 is 5.32. The Morgan fingerprint density at radius 3 is 2.73 bits per heavy atom. The van der Waals surface area contributed by atoms with E-state index in [2.05, 4.69) is 11.9 Å². The highest BCUT2D eigenvalue weighted by molar-refractivity contribution is 5.76. The van der Waals surface area contributed by atoms with Crippen molar-refractivity contribution >= 4 is 5.97 Å². The summed E-state index contributed by atoms with van der Waals surface area (Å²) in [6.07, 6.45) is 4.69. The molecule has 0 amide bonds. The Bertz CT molecular complexity index is 242. The quantitative estimate of drug-likeness (QED) is 0.573. The van der Waals surface area contributed by atoms with Crippen molar-refractivity contribution in [3.63, 3.8) is 0 Å². The van der Waals surface area contributed by atoms with Crippen molar-refractivity contribution in [1.82, 2.24) is 5.32 Å². The molecule has 0 radical (unpaired) electrons. The maximum absolute atomic E-state index is 11.7. The molecule has 1 heterocycles. The summed E-state index contributed by atoms with van der Waals surface area (Å²) in [4.78, 5) is 11.7. The van der Waals surface area contributed by atoms with E-state index in [0.29, 0.717) is 6.04 Å². The van der Waals surface area contributed by atoms with Crippen molar-refractivity contribution in [3.05, 3.63) is 12.7 Å². The Hall–Kier alpha value is -0.830. The smallest absolute Gasteiger partial charge is 0.323 e. The van der Waals surface area contributed by atoms with Gasteiger partial charge in [-0.05, 0) is 40.0 Å². The molecule has 0 aromatic heterocycles. The lowest BCUT2D eigenvalue weighted by atomic mass is 10.1. The lowest BCUT2D eigenvalue weighted by Gasteiger charge is -2.22. The van der Waals surface area contributed by atoms with Gasteiger partial charge in [0.2, 0.25) is 0 Å². The van der Waals surface area contributed by atoms with E-state index in [9.17, 15) is 4.79 Å². The van der Waals surface area contributed by atoms with Crippen LogP contribution in [0.2, 0.25) is 0 Å². The molecule has 1 rings (SSSR count). The third-order valence-corrected chi connectivity index (χ3v) is 2.38. The van der Waals surface area contributed by atoms with E-state index in [1.807, 2.05) is 26.8 Å². The number of carbonyl (C=O) groups is 1. The fraction of sp³-hybridized carbons (Fsp3) is 0.750. The fourth-order valence-corrected chi connectivity index (χ4v) is 1.76. The molecular weight excluding hydrogens is 190 g/mol. The lowest BCUT2D eigenvalue weighted by Crippen LogP contribution is -2.39. The molecule has 0 bridgehead atoms. The molecule has 0 aliphatic carbocycles. The number of rotatable bonds is 3. The minimum Gasteiger partial charge on any atom is -0.459 e. The third kappa shape index (κ3) is 4.04. The molecule has 1 aliphatic heterocycles. The van der Waals surface area contributed by atoms with Gasteiger partial charge in [0.05, 0.1) is 0 Å². The van der Waals surface area contributed by atoms with E-state index in [1.54, 1.807) is 0 Å². The Morgan fingerprint density at radius 2 is 2.20 bits per heavy atom. The predicted octanol–water partition coefficient (Wildman–Crippen LogP) is 2.02. The Balaban J connectivity index is 2.40. The standard InChI is InChI=1S/C12H21NO2/c1-5-6-9-7-8-10(13-9)11(14)15-12(2,3)4/h5,9-10,13H,1,6-8H2,2-4H3/t9?,10-/m0/s1. The van der Waals surface area contributed by atoms with Crippen molar-refractivity contribution in [2.45, 2.75) is 57.7 Å². The zero-order valence-electron chi connectivity index (χ0n) is 9.88. The summed E-state index contributed by atoms with van der Waals surface area (Å²) in [6, 6.07) is 0.259. The number of hydrogen-bond acceptors (Lipinski definition) is 3. The predicted molar refractivity (Wildman–Crippen MR) is 60.6 cm³/mol. The van der Waals surface area contributed by atoms with Gasteiger partial charge in [0.25, 0.3) is 0 Å². The summed E-state index contributed by atoms with van der Waals surface area (Å²) in [5.74, 6) is -0.130. The largest absolute Gasteiger partial charge is 0.459 e. The highest BCUT2D eigenvalue weighted by Crippen LogP contribution is 2.18. The highest BCUT2D eigenvalue weighted by atomic mass is 16.6. The van der Waals surface area contributed by atoms with Gasteiger partial charge in [-0.3, -0.25) is 4.79 Å². The van der Waals surface area contributed by atoms with Gasteiger partial charge in [-0.1, -0.05) is 6.08 Å². The van der Waals surface area contributed by atoms with Gasteiger partial charge < -0.3 is 10.1 Å². The zero-order valence-corrected chi connectivity index (χ0v) is 9.88. The second kappa shape index (κ2) is 4.79. The van der Waals surface area contributed by atoms with E-state index >= 15 is 0 Å². The van der Waals surface area contributed by atoms with Crippen LogP contribution in [0.3, 0.4) is 0 Å². The first-order valence-corrected chi connectivity index (χ1v) is 5.52. The summed E-state index contributed by atoms with van der Waals surface area (Å²) in [5.41, 5.74) is -0.394. The van der Waals surface area contributed by atoms with Crippen molar-refractivity contribution in [3.8, 4) is 0 Å². The second-order valence-electron chi connectivity index (χ2n) is 5.05. The topological polar surface area (TPSA) is 38.3 Å². The number of nitrogens with one attached hydrogen (secondary N) is 1. The summed E-state index contributed by atoms with van der Waals surface area (Å²) in [7, 11) is 0. The molecule has 0 aromatic rings. The van der Waals surface area contributed by atoms with E-state index in [4.69, 9.17) is 4.74 Å². The SMILES string of the molecule is C=CCC1CC[C@@H](C(=O)OC(C)(C)C)N1. The second-order valence-corrected chi connectivity index (χ2v) is 5.05. The highest BCUT2D eigenvalue weighted by Gasteiger charge is 2.31. The van der Waals surface area contributed by atoms with Gasteiger partial charge in [0.1, 0.15) is 11.6 Å². The van der Waals surface area contributed by atoms with E-state index in [1.165, 1.54) is 0 Å². The molecule has 3 nitrogen and oxygen atoms in total. The van der Waals surface area contributed by atoms with Crippen LogP contribution in [-0.4, -0.2) is 23.7 Å². The first-order chi connectivity index (χ1) is 6.92. The monoisotopic (exact) mass is 211 g/mol. The molecule has 1 fully saturated rings. The number of carbonyl (C=O) groups excluding carboxylic acids is 1. The lowest BCUT2D eigenvalue weighted by molar-refractivity contribution is -0.157. The van der Waals surface area contributed by atoms with Crippen LogP contribution in [0.5, 0.6) is 0 Å². The fourth-order valence-electron chi connectivity index (χ4n) is 1.76. The van der Waals surface area contributed by atoms with Gasteiger partial charge in [-0.25, -0.2) is 0 Å². The maximum Gasteiger partial charge on any atom is 0.323 e. The van der Waals surface area contributed by atoms with Crippen LogP contribution < -0.4 is 5.32 Å². The summed E-state index contributed by atoms with van der Waals surface area (Å²) in [6.45, 7) is 9.37. The Kier molecular flexibility index (Phi) is 3.91. The number of hydrogen-bond donors (Lipinski definition) is 1. The average Bonchev–Trinajstić information content (AvgIpc) is 2.50. The normalized spacial score (nSPS) is 26.3. The molecule has 1 unspecified atom stereocenters. The van der Waals surface area contributed by atoms with Gasteiger partial charge in [-0.15, -0.1) is 6.58 Å². The average molecular weight is 211 g/mol. The first-order valence-electron chi connectivity index (χ1n) is 5.52. The molecule has 1 saturated heterocycles. The number of ether oxygens (including phenoxy) is 1. The van der Waals surface area contributed by atoms with Crippen molar-refractivity contribution in [2.75, 3.05) is 0 Å². The molecule has 3 heteroatoms. The molecule has 1 N–H and O–H groups in total. The van der Waals surface area contributed by atoms with Crippen molar-refractivity contribution in [1.29, 1.82) is 0 Å². The van der Waals surface area contributed by atoms with Gasteiger partial charge in [-0.2, -0.15) is 0 Å². The molecule has 0 aromatic carbocycles. The molecule has 1 aliphatic rings. The van der Waals surface area contributed by atoms with Crippen LogP contribution in [-0.2, 0) is 9.53 Å². The molecule has 15 heavy (non-hydrogen) atoms. The van der Waals surface area contributed by atoms with E-state index in [0.717, 1.165) is 19.3 Å². The minimum absolute atomic E-state index is 0.130. The zero-order chi connectivity index (χ0) is 11.5. The third-order valence-electron chi connectivity index (χ3n) is 2.38. The van der Waals surface area contributed by atoms with Crippen molar-refractivity contribution in [2.24, 2.45) is 0 Å². The Labute approximate surface area is 91.9 Å². The minimum atomic E-state index is -0.394. The van der Waals surface area contributed by atoms with Gasteiger partial charge in [0.15, 0.2) is 0 Å². The van der Waals surface area contributed by atoms with Crippen LogP contribution >= 0.6 is 0 Å². The summed E-state index contributed by atoms with van der Waals surface area (Å²) in [5, 5.41) is 3.27. The van der Waals surface area contributed by atoms with Crippen LogP contribution in [0, 0.1) is 0 Å². The molecular formula is C12H21NO2. The van der Waals surface area contributed by atoms with E-state index < -0.39 is 5.60 Å². The summed E-state index contributed by atoms with van der Waals surface area (Å²) >= 11 is 0. The van der Waals surface area contributed by atoms with Crippen LogP contribution in [0.25, 0.3) is 0 Å². The van der Waals surface area contributed by atoms with Crippen LogP contribution in [0.1, 0.15) is 40.0 Å². The molecule has 0 spiro atoms. The van der Waals surface area contributed by atoms with Gasteiger partial charge in [0, 0.05) is 6.04 Å². The van der Waals surface area contributed by atoms with Crippen LogP contribution in [0.15, 0.2) is 12.7 Å². The van der Waals surface area contributed by atoms with Gasteiger partial charge >= 0.3 is 5.97 Å². The maximum atomic E-state index is 11.7. The number of esters is 1.